The van der Waals surface area contributed by atoms with Crippen molar-refractivity contribution in [3.63, 3.8) is 0 Å². The van der Waals surface area contributed by atoms with Crippen LogP contribution < -0.4 is 4.74 Å². The van der Waals surface area contributed by atoms with E-state index in [1.54, 1.807) is 0 Å². The fourth-order valence-electron chi connectivity index (χ4n) is 3.52. The third-order valence-corrected chi connectivity index (χ3v) is 5.13. The highest BCUT2D eigenvalue weighted by Crippen LogP contribution is 2.32. The molecule has 0 unspecified atom stereocenters. The van der Waals surface area contributed by atoms with Crippen LogP contribution in [0.3, 0.4) is 0 Å². The Hall–Kier alpha value is -3.87. The van der Waals surface area contributed by atoms with Crippen molar-refractivity contribution in [2.45, 2.75) is 19.8 Å². The summed E-state index contributed by atoms with van der Waals surface area (Å²) in [5.74, 6) is -2.91. The number of rotatable bonds is 8. The van der Waals surface area contributed by atoms with E-state index < -0.39 is 17.9 Å². The lowest BCUT2D eigenvalue weighted by Crippen LogP contribution is -2.23. The average Bonchev–Trinajstić information content (AvgIpc) is 3.15. The van der Waals surface area contributed by atoms with Gasteiger partial charge in [-0.05, 0) is 72.5 Å². The molecule has 0 radical (unpaired) electrons. The van der Waals surface area contributed by atoms with Crippen LogP contribution in [0, 0.1) is 12.8 Å². The van der Waals surface area contributed by atoms with Gasteiger partial charge in [0.1, 0.15) is 11.3 Å². The third kappa shape index (κ3) is 4.35. The van der Waals surface area contributed by atoms with E-state index in [4.69, 9.17) is 19.4 Å². The average molecular weight is 419 g/mol. The summed E-state index contributed by atoms with van der Waals surface area (Å²) in [7, 11) is 0. The molecule has 0 amide bonds. The first-order valence-electron chi connectivity index (χ1n) is 9.91. The molecule has 1 aromatic heterocycles. The van der Waals surface area contributed by atoms with Crippen molar-refractivity contribution in [1.29, 1.82) is 0 Å². The molecule has 4 aromatic rings. The van der Waals surface area contributed by atoms with Crippen molar-refractivity contribution in [3.05, 3.63) is 60.2 Å². The minimum absolute atomic E-state index is 0.0135. The first kappa shape index (κ1) is 20.4. The first-order valence-corrected chi connectivity index (χ1v) is 9.91. The topological polar surface area (TPSA) is 110 Å². The number of nitrogens with zero attached hydrogens (tertiary/aromatic N) is 1. The Morgan fingerprint density at radius 2 is 1.87 bits per heavy atom. The first-order chi connectivity index (χ1) is 14.9. The van der Waals surface area contributed by atoms with Crippen molar-refractivity contribution in [2.75, 3.05) is 6.61 Å². The van der Waals surface area contributed by atoms with Gasteiger partial charge >= 0.3 is 11.9 Å². The van der Waals surface area contributed by atoms with E-state index in [0.717, 1.165) is 33.0 Å². The SMILES string of the molecule is Cc1ccc2nc(-c3cccc4cc(OCCCC(C(=O)O)C(=O)O)ccc34)oc2c1. The van der Waals surface area contributed by atoms with Gasteiger partial charge in [-0.2, -0.15) is 0 Å². The van der Waals surface area contributed by atoms with Gasteiger partial charge in [0, 0.05) is 5.56 Å². The Balaban J connectivity index is 1.51. The molecule has 1 heterocycles. The molecule has 7 nitrogen and oxygen atoms in total. The number of hydrogen-bond acceptors (Lipinski definition) is 5. The lowest BCUT2D eigenvalue weighted by atomic mass is 10.0. The molecule has 0 saturated carbocycles. The molecule has 0 spiro atoms. The molecular formula is C24H21NO6. The van der Waals surface area contributed by atoms with Crippen LogP contribution in [-0.2, 0) is 9.59 Å². The number of aliphatic carboxylic acids is 2. The summed E-state index contributed by atoms with van der Waals surface area (Å²) in [5, 5.41) is 19.8. The molecule has 4 rings (SSSR count). The van der Waals surface area contributed by atoms with E-state index in [0.29, 0.717) is 18.1 Å². The van der Waals surface area contributed by atoms with E-state index in [9.17, 15) is 9.59 Å². The van der Waals surface area contributed by atoms with Gasteiger partial charge in [-0.15, -0.1) is 0 Å². The highest BCUT2D eigenvalue weighted by molar-refractivity contribution is 5.96. The van der Waals surface area contributed by atoms with Crippen molar-refractivity contribution < 1.29 is 29.0 Å². The molecule has 7 heteroatoms. The lowest BCUT2D eigenvalue weighted by molar-refractivity contribution is -0.154. The van der Waals surface area contributed by atoms with Crippen LogP contribution in [0.15, 0.2) is 59.0 Å². The molecule has 0 atom stereocenters. The zero-order valence-electron chi connectivity index (χ0n) is 16.9. The van der Waals surface area contributed by atoms with Crippen LogP contribution in [0.4, 0.5) is 0 Å². The smallest absolute Gasteiger partial charge is 0.317 e. The quantitative estimate of drug-likeness (QED) is 0.309. The van der Waals surface area contributed by atoms with Crippen LogP contribution in [0.2, 0.25) is 0 Å². The maximum atomic E-state index is 10.9. The maximum absolute atomic E-state index is 10.9. The lowest BCUT2D eigenvalue weighted by Gasteiger charge is -2.10. The van der Waals surface area contributed by atoms with Gasteiger partial charge < -0.3 is 19.4 Å². The molecular weight excluding hydrogens is 398 g/mol. The highest BCUT2D eigenvalue weighted by atomic mass is 16.5. The Bertz CT molecular complexity index is 1260. The number of aryl methyl sites for hydroxylation is 1. The van der Waals surface area contributed by atoms with Crippen molar-refractivity contribution in [2.24, 2.45) is 5.92 Å². The summed E-state index contributed by atoms with van der Waals surface area (Å²) in [5.41, 5.74) is 3.53. The molecule has 3 aromatic carbocycles. The van der Waals surface area contributed by atoms with E-state index in [2.05, 4.69) is 4.98 Å². The van der Waals surface area contributed by atoms with Crippen LogP contribution >= 0.6 is 0 Å². The van der Waals surface area contributed by atoms with Crippen LogP contribution in [-0.4, -0.2) is 33.7 Å². The summed E-state index contributed by atoms with van der Waals surface area (Å²) in [6.07, 6.45) is 0.337. The second-order valence-corrected chi connectivity index (χ2v) is 7.40. The predicted octanol–water partition coefficient (Wildman–Crippen LogP) is 4.90. The molecule has 0 aliphatic carbocycles. The Labute approximate surface area is 177 Å². The number of benzene rings is 3. The number of carboxylic acids is 2. The standard InChI is InChI=1S/C24H21NO6/c1-14-7-10-20-21(12-14)31-22(25-20)18-5-2-4-15-13-16(8-9-17(15)18)30-11-3-6-19(23(26)27)24(28)29/h2,4-5,7-10,12-13,19H,3,6,11H2,1H3,(H,26,27)(H,28,29). The van der Waals surface area contributed by atoms with Gasteiger partial charge in [0.15, 0.2) is 11.5 Å². The van der Waals surface area contributed by atoms with E-state index in [1.165, 1.54) is 0 Å². The number of carboxylic acid groups (broad SMARTS) is 2. The third-order valence-electron chi connectivity index (χ3n) is 5.13. The molecule has 158 valence electrons. The largest absolute Gasteiger partial charge is 0.494 e. The second-order valence-electron chi connectivity index (χ2n) is 7.40. The molecule has 0 bridgehead atoms. The molecule has 2 N–H and O–H groups in total. The second kappa shape index (κ2) is 8.47. The van der Waals surface area contributed by atoms with Crippen LogP contribution in [0.1, 0.15) is 18.4 Å². The van der Waals surface area contributed by atoms with Crippen molar-refractivity contribution in [3.8, 4) is 17.2 Å². The maximum Gasteiger partial charge on any atom is 0.317 e. The molecule has 0 saturated heterocycles. The molecule has 0 aliphatic heterocycles. The minimum atomic E-state index is -1.41. The summed E-state index contributed by atoms with van der Waals surface area (Å²) < 4.78 is 11.7. The summed E-state index contributed by atoms with van der Waals surface area (Å²) in [6.45, 7) is 2.23. The molecule has 0 fully saturated rings. The number of carbonyl (C=O) groups is 2. The van der Waals surface area contributed by atoms with E-state index >= 15 is 0 Å². The van der Waals surface area contributed by atoms with Gasteiger partial charge in [0.05, 0.1) is 6.61 Å². The van der Waals surface area contributed by atoms with Crippen LogP contribution in [0.5, 0.6) is 5.75 Å². The van der Waals surface area contributed by atoms with Gasteiger partial charge in [-0.25, -0.2) is 4.98 Å². The summed E-state index contributed by atoms with van der Waals surface area (Å²) >= 11 is 0. The summed E-state index contributed by atoms with van der Waals surface area (Å²) in [4.78, 5) is 26.5. The Kier molecular flexibility index (Phi) is 5.58. The fourth-order valence-corrected chi connectivity index (χ4v) is 3.52. The summed E-state index contributed by atoms with van der Waals surface area (Å²) in [6, 6.07) is 17.4. The molecule has 0 aliphatic rings. The van der Waals surface area contributed by atoms with E-state index in [-0.39, 0.29) is 13.0 Å². The number of hydrogen-bond donors (Lipinski definition) is 2. The predicted molar refractivity (Wildman–Crippen MR) is 115 cm³/mol. The van der Waals surface area contributed by atoms with Crippen molar-refractivity contribution >= 4 is 33.8 Å². The van der Waals surface area contributed by atoms with Crippen LogP contribution in [0.25, 0.3) is 33.3 Å². The normalized spacial score (nSPS) is 11.3. The number of oxazole rings is 1. The Morgan fingerprint density at radius 1 is 1.06 bits per heavy atom. The zero-order chi connectivity index (χ0) is 22.0. The van der Waals surface area contributed by atoms with Crippen molar-refractivity contribution in [1.82, 2.24) is 4.98 Å². The fraction of sp³-hybridized carbons (Fsp3) is 0.208. The zero-order valence-corrected chi connectivity index (χ0v) is 16.9. The monoisotopic (exact) mass is 419 g/mol. The minimum Gasteiger partial charge on any atom is -0.494 e. The number of aromatic nitrogens is 1. The molecule has 31 heavy (non-hydrogen) atoms. The van der Waals surface area contributed by atoms with Gasteiger partial charge in [-0.3, -0.25) is 9.59 Å². The van der Waals surface area contributed by atoms with Gasteiger partial charge in [0.25, 0.3) is 0 Å². The number of fused-ring (bicyclic) bond motifs is 2. The highest BCUT2D eigenvalue weighted by Gasteiger charge is 2.24. The van der Waals surface area contributed by atoms with Gasteiger partial charge in [0.2, 0.25) is 5.89 Å². The number of ether oxygens (including phenoxy) is 1. The Morgan fingerprint density at radius 3 is 2.65 bits per heavy atom. The van der Waals surface area contributed by atoms with Gasteiger partial charge in [-0.1, -0.05) is 18.2 Å². The van der Waals surface area contributed by atoms with E-state index in [1.807, 2.05) is 61.5 Å².